The lowest BCUT2D eigenvalue weighted by atomic mass is 9.88. The standard InChI is InChI=1S/C26H31FN8OS/c1-16(26(2,3)4)30-22-13-20(32-23(33-22)19-15-29-35-11-12-37-25(19)35)24(36)34-9-7-18(8-10-34)31-21-6-5-17(27)14-28-21/h5-6,11-16,18H,7-10H2,1-4H3,(H,28,31)(H,30,32,33)/t16-/m1/s1. The molecule has 0 spiro atoms. The number of thiazole rings is 1. The average Bonchev–Trinajstić information content (AvgIpc) is 3.49. The molecule has 1 saturated heterocycles. The zero-order chi connectivity index (χ0) is 26.2. The van der Waals surface area contributed by atoms with Crippen LogP contribution in [-0.2, 0) is 0 Å². The summed E-state index contributed by atoms with van der Waals surface area (Å²) in [5.74, 6) is 1.24. The highest BCUT2D eigenvalue weighted by Gasteiger charge is 2.27. The lowest BCUT2D eigenvalue weighted by Gasteiger charge is -2.32. The molecule has 4 aromatic heterocycles. The maximum Gasteiger partial charge on any atom is 0.272 e. The van der Waals surface area contributed by atoms with Gasteiger partial charge in [0.25, 0.3) is 5.91 Å². The molecule has 9 nitrogen and oxygen atoms in total. The molecule has 0 aliphatic carbocycles. The molecule has 11 heteroatoms. The molecule has 1 amide bonds. The van der Waals surface area contributed by atoms with Crippen molar-refractivity contribution in [3.05, 3.63) is 53.7 Å². The van der Waals surface area contributed by atoms with Crippen LogP contribution in [0.25, 0.3) is 16.2 Å². The summed E-state index contributed by atoms with van der Waals surface area (Å²) in [6, 6.07) is 5.04. The van der Waals surface area contributed by atoms with Crippen molar-refractivity contribution in [1.82, 2.24) is 29.5 Å². The van der Waals surface area contributed by atoms with Gasteiger partial charge in [-0.3, -0.25) is 4.79 Å². The van der Waals surface area contributed by atoms with Crippen LogP contribution in [0.4, 0.5) is 16.0 Å². The van der Waals surface area contributed by atoms with Crippen molar-refractivity contribution in [2.45, 2.75) is 52.6 Å². The van der Waals surface area contributed by atoms with Crippen molar-refractivity contribution in [2.75, 3.05) is 23.7 Å². The van der Waals surface area contributed by atoms with Crippen LogP contribution in [0, 0.1) is 11.2 Å². The molecule has 1 fully saturated rings. The molecule has 0 saturated carbocycles. The Morgan fingerprint density at radius 2 is 1.95 bits per heavy atom. The maximum absolute atomic E-state index is 13.6. The Labute approximate surface area is 219 Å². The van der Waals surface area contributed by atoms with Gasteiger partial charge in [-0.05, 0) is 37.3 Å². The van der Waals surface area contributed by atoms with E-state index in [0.29, 0.717) is 36.2 Å². The number of aromatic nitrogens is 5. The molecule has 5 heterocycles. The number of pyridine rings is 1. The van der Waals surface area contributed by atoms with Crippen LogP contribution in [0.15, 0.2) is 42.2 Å². The minimum atomic E-state index is -0.364. The largest absolute Gasteiger partial charge is 0.367 e. The second-order valence-electron chi connectivity index (χ2n) is 10.5. The molecule has 1 aliphatic heterocycles. The lowest BCUT2D eigenvalue weighted by Crippen LogP contribution is -2.42. The van der Waals surface area contributed by atoms with Crippen molar-refractivity contribution >= 4 is 33.7 Å². The van der Waals surface area contributed by atoms with Gasteiger partial charge in [-0.2, -0.15) is 5.10 Å². The minimum Gasteiger partial charge on any atom is -0.367 e. The van der Waals surface area contributed by atoms with Gasteiger partial charge in [0.1, 0.15) is 28.0 Å². The Balaban J connectivity index is 1.36. The second-order valence-corrected chi connectivity index (χ2v) is 11.4. The Kier molecular flexibility index (Phi) is 6.80. The average molecular weight is 523 g/mol. The molecule has 194 valence electrons. The molecule has 1 aliphatic rings. The first-order valence-electron chi connectivity index (χ1n) is 12.4. The number of piperidine rings is 1. The van der Waals surface area contributed by atoms with E-state index in [0.717, 1.165) is 23.2 Å². The maximum atomic E-state index is 13.6. The van der Waals surface area contributed by atoms with Crippen LogP contribution in [0.2, 0.25) is 0 Å². The highest BCUT2D eigenvalue weighted by atomic mass is 32.1. The zero-order valence-electron chi connectivity index (χ0n) is 21.4. The zero-order valence-corrected chi connectivity index (χ0v) is 22.2. The summed E-state index contributed by atoms with van der Waals surface area (Å²) >= 11 is 1.56. The Morgan fingerprint density at radius 3 is 2.65 bits per heavy atom. The number of nitrogens with one attached hydrogen (secondary N) is 2. The van der Waals surface area contributed by atoms with Gasteiger partial charge in [-0.1, -0.05) is 20.8 Å². The van der Waals surface area contributed by atoms with Crippen molar-refractivity contribution in [3.63, 3.8) is 0 Å². The van der Waals surface area contributed by atoms with Crippen molar-refractivity contribution < 1.29 is 9.18 Å². The van der Waals surface area contributed by atoms with Gasteiger partial charge >= 0.3 is 0 Å². The van der Waals surface area contributed by atoms with Gasteiger partial charge in [0.15, 0.2) is 5.82 Å². The number of carbonyl (C=O) groups is 1. The Hall–Kier alpha value is -3.60. The summed E-state index contributed by atoms with van der Waals surface area (Å²) in [6.45, 7) is 9.75. The monoisotopic (exact) mass is 522 g/mol. The van der Waals surface area contributed by atoms with E-state index in [2.05, 4.69) is 48.4 Å². The number of amides is 1. The van der Waals surface area contributed by atoms with Crippen LogP contribution in [0.1, 0.15) is 51.0 Å². The van der Waals surface area contributed by atoms with Crippen molar-refractivity contribution in [2.24, 2.45) is 5.41 Å². The van der Waals surface area contributed by atoms with Crippen LogP contribution in [0.3, 0.4) is 0 Å². The second kappa shape index (κ2) is 10.0. The summed E-state index contributed by atoms with van der Waals surface area (Å²) in [6.07, 6.45) is 6.35. The fraction of sp³-hybridized carbons (Fsp3) is 0.423. The summed E-state index contributed by atoms with van der Waals surface area (Å²) in [4.78, 5) is 29.9. The number of hydrogen-bond acceptors (Lipinski definition) is 8. The molecular formula is C26H31FN8OS. The number of hydrogen-bond donors (Lipinski definition) is 2. The number of anilines is 2. The molecule has 0 aromatic carbocycles. The fourth-order valence-electron chi connectivity index (χ4n) is 4.13. The van der Waals surface area contributed by atoms with Gasteiger partial charge in [0.05, 0.1) is 18.0 Å². The van der Waals surface area contributed by atoms with Gasteiger partial charge in [-0.25, -0.2) is 23.9 Å². The number of likely N-dealkylation sites (tertiary alicyclic amines) is 1. The predicted octanol–water partition coefficient (Wildman–Crippen LogP) is 4.95. The molecule has 5 rings (SSSR count). The first-order valence-corrected chi connectivity index (χ1v) is 13.3. The van der Waals surface area contributed by atoms with E-state index < -0.39 is 0 Å². The van der Waals surface area contributed by atoms with Crippen LogP contribution in [-0.4, -0.2) is 60.5 Å². The predicted molar refractivity (Wildman–Crippen MR) is 143 cm³/mol. The first kappa shape index (κ1) is 25.1. The first-order chi connectivity index (χ1) is 17.7. The lowest BCUT2D eigenvalue weighted by molar-refractivity contribution is 0.0712. The molecule has 4 aromatic rings. The van der Waals surface area contributed by atoms with E-state index in [4.69, 9.17) is 9.97 Å². The van der Waals surface area contributed by atoms with Crippen LogP contribution < -0.4 is 10.6 Å². The SMILES string of the molecule is C[C@@H](Nc1cc(C(=O)N2CCC(Nc3ccc(F)cn3)CC2)nc(-c2cnn3ccsc23)n1)C(C)(C)C. The van der Waals surface area contributed by atoms with E-state index in [9.17, 15) is 9.18 Å². The van der Waals surface area contributed by atoms with E-state index in [-0.39, 0.29) is 29.2 Å². The third-order valence-electron chi connectivity index (χ3n) is 6.84. The highest BCUT2D eigenvalue weighted by molar-refractivity contribution is 7.16. The highest BCUT2D eigenvalue weighted by Crippen LogP contribution is 2.28. The van der Waals surface area contributed by atoms with E-state index in [1.807, 2.05) is 16.5 Å². The van der Waals surface area contributed by atoms with Gasteiger partial charge in [-0.15, -0.1) is 11.3 Å². The number of fused-ring (bicyclic) bond motifs is 1. The molecule has 0 bridgehead atoms. The van der Waals surface area contributed by atoms with Gasteiger partial charge in [0, 0.05) is 42.8 Å². The number of nitrogens with zero attached hydrogens (tertiary/aromatic N) is 6. The van der Waals surface area contributed by atoms with Gasteiger partial charge < -0.3 is 15.5 Å². The number of carbonyl (C=O) groups excluding carboxylic acids is 1. The summed E-state index contributed by atoms with van der Waals surface area (Å²) in [5, 5.41) is 13.2. The molecule has 1 atom stereocenters. The summed E-state index contributed by atoms with van der Waals surface area (Å²) in [5.41, 5.74) is 1.16. The topological polar surface area (TPSA) is 100 Å². The quantitative estimate of drug-likeness (QED) is 0.370. The normalized spacial score (nSPS) is 15.6. The van der Waals surface area contributed by atoms with E-state index in [1.54, 1.807) is 34.2 Å². The minimum absolute atomic E-state index is 0.00226. The van der Waals surface area contributed by atoms with Crippen molar-refractivity contribution in [3.8, 4) is 11.4 Å². The summed E-state index contributed by atoms with van der Waals surface area (Å²) < 4.78 is 14.9. The Bertz CT molecular complexity index is 1390. The van der Waals surface area contributed by atoms with Crippen LogP contribution >= 0.6 is 11.3 Å². The molecule has 0 unspecified atom stereocenters. The third kappa shape index (κ3) is 5.56. The third-order valence-corrected chi connectivity index (χ3v) is 7.73. The number of rotatable bonds is 6. The van der Waals surface area contributed by atoms with Crippen molar-refractivity contribution in [1.29, 1.82) is 0 Å². The molecule has 0 radical (unpaired) electrons. The summed E-state index contributed by atoms with van der Waals surface area (Å²) in [7, 11) is 0. The fourth-order valence-corrected chi connectivity index (χ4v) is 4.92. The number of halogens is 1. The van der Waals surface area contributed by atoms with E-state index in [1.165, 1.54) is 12.3 Å². The molecular weight excluding hydrogens is 491 g/mol. The van der Waals surface area contributed by atoms with Gasteiger partial charge in [0.2, 0.25) is 0 Å². The Morgan fingerprint density at radius 1 is 1.16 bits per heavy atom. The molecule has 2 N–H and O–H groups in total. The molecule has 37 heavy (non-hydrogen) atoms. The smallest absolute Gasteiger partial charge is 0.272 e. The van der Waals surface area contributed by atoms with E-state index >= 15 is 0 Å². The van der Waals surface area contributed by atoms with Crippen LogP contribution in [0.5, 0.6) is 0 Å².